The number of phenolic OH excluding ortho intramolecular Hbond substituents is 1. The van der Waals surface area contributed by atoms with Gasteiger partial charge in [-0.05, 0) is 25.5 Å². The third-order valence-electron chi connectivity index (χ3n) is 2.30. The number of halogens is 1. The van der Waals surface area contributed by atoms with Gasteiger partial charge in [0.25, 0.3) is 0 Å². The zero-order chi connectivity index (χ0) is 10.3. The Morgan fingerprint density at radius 1 is 1.29 bits per heavy atom. The van der Waals surface area contributed by atoms with Crippen molar-refractivity contribution < 1.29 is 9.50 Å². The molecule has 2 aromatic rings. The highest BCUT2D eigenvalue weighted by atomic mass is 19.1. The lowest BCUT2D eigenvalue weighted by molar-refractivity contribution is 0.474. The summed E-state index contributed by atoms with van der Waals surface area (Å²) in [4.78, 5) is 4.16. The van der Waals surface area contributed by atoms with E-state index >= 15 is 0 Å². The Morgan fingerprint density at radius 3 is 2.71 bits per heavy atom. The summed E-state index contributed by atoms with van der Waals surface area (Å²) in [6.45, 7) is 3.51. The third kappa shape index (κ3) is 1.21. The summed E-state index contributed by atoms with van der Waals surface area (Å²) < 4.78 is 13.2. The maximum absolute atomic E-state index is 13.2. The molecule has 1 N–H and O–H groups in total. The minimum absolute atomic E-state index is 0.105. The quantitative estimate of drug-likeness (QED) is 0.694. The number of nitrogens with zero attached hydrogens (tertiary/aromatic N) is 1. The topological polar surface area (TPSA) is 33.1 Å². The number of hydrogen-bond acceptors (Lipinski definition) is 2. The van der Waals surface area contributed by atoms with Crippen LogP contribution in [0.15, 0.2) is 18.2 Å². The molecule has 0 unspecified atom stereocenters. The van der Waals surface area contributed by atoms with E-state index in [-0.39, 0.29) is 5.75 Å². The Kier molecular flexibility index (Phi) is 1.88. The summed E-state index contributed by atoms with van der Waals surface area (Å²) in [6.07, 6.45) is 0. The van der Waals surface area contributed by atoms with Crippen molar-refractivity contribution in [2.45, 2.75) is 13.8 Å². The predicted octanol–water partition coefficient (Wildman–Crippen LogP) is 2.70. The van der Waals surface area contributed by atoms with Gasteiger partial charge in [0.15, 0.2) is 0 Å². The number of rotatable bonds is 0. The van der Waals surface area contributed by atoms with Gasteiger partial charge in [0.05, 0.1) is 0 Å². The smallest absolute Gasteiger partial charge is 0.144 e. The zero-order valence-corrected chi connectivity index (χ0v) is 8.00. The van der Waals surface area contributed by atoms with Crippen molar-refractivity contribution in [2.75, 3.05) is 0 Å². The lowest BCUT2D eigenvalue weighted by atomic mass is 10.1. The highest BCUT2D eigenvalue weighted by Gasteiger charge is 2.09. The highest BCUT2D eigenvalue weighted by molar-refractivity contribution is 5.87. The van der Waals surface area contributed by atoms with E-state index in [0.29, 0.717) is 16.5 Å². The summed E-state index contributed by atoms with van der Waals surface area (Å²) in [5.41, 5.74) is 1.79. The molecule has 0 spiro atoms. The van der Waals surface area contributed by atoms with Crippen molar-refractivity contribution in [3.8, 4) is 5.75 Å². The molecule has 3 heteroatoms. The van der Waals surface area contributed by atoms with Gasteiger partial charge in [-0.2, -0.15) is 0 Å². The lowest BCUT2D eigenvalue weighted by Crippen LogP contribution is -1.90. The molecule has 1 aromatic heterocycles. The fraction of sp³-hybridized carbons (Fsp3) is 0.182. The Balaban J connectivity index is 2.94. The Morgan fingerprint density at radius 2 is 2.00 bits per heavy atom. The maximum atomic E-state index is 13.2. The number of benzene rings is 1. The van der Waals surface area contributed by atoms with Gasteiger partial charge in [-0.1, -0.05) is 6.07 Å². The second-order valence-corrected chi connectivity index (χ2v) is 3.35. The molecule has 0 saturated heterocycles. The van der Waals surface area contributed by atoms with Crippen molar-refractivity contribution in [2.24, 2.45) is 0 Å². The molecule has 72 valence electrons. The highest BCUT2D eigenvalue weighted by Crippen LogP contribution is 2.27. The van der Waals surface area contributed by atoms with Crippen LogP contribution >= 0.6 is 0 Å². The first kappa shape index (κ1) is 8.94. The van der Waals surface area contributed by atoms with Crippen LogP contribution in [0.2, 0.25) is 0 Å². The fourth-order valence-electron chi connectivity index (χ4n) is 1.48. The standard InChI is InChI=1S/C11H10FNO/c1-6-3-4-8-7(2)9(12)5-10(14)11(8)13-6/h3-5,14H,1-2H3. The molecule has 0 amide bonds. The molecule has 14 heavy (non-hydrogen) atoms. The summed E-state index contributed by atoms with van der Waals surface area (Å²) in [7, 11) is 0. The molecule has 2 rings (SSSR count). The van der Waals surface area contributed by atoms with Crippen molar-refractivity contribution in [1.82, 2.24) is 4.98 Å². The van der Waals surface area contributed by atoms with Crippen LogP contribution in [0, 0.1) is 19.7 Å². The van der Waals surface area contributed by atoms with Crippen molar-refractivity contribution >= 4 is 10.9 Å². The minimum atomic E-state index is -0.402. The molecule has 2 nitrogen and oxygen atoms in total. The molecule has 0 saturated carbocycles. The molecule has 0 atom stereocenters. The number of aromatic hydroxyl groups is 1. The summed E-state index contributed by atoms with van der Waals surface area (Å²) in [5, 5.41) is 10.2. The summed E-state index contributed by atoms with van der Waals surface area (Å²) >= 11 is 0. The number of pyridine rings is 1. The van der Waals surface area contributed by atoms with Crippen molar-refractivity contribution in [3.05, 3.63) is 35.3 Å². The normalized spacial score (nSPS) is 10.8. The van der Waals surface area contributed by atoms with Crippen molar-refractivity contribution in [3.63, 3.8) is 0 Å². The number of hydrogen-bond donors (Lipinski definition) is 1. The average molecular weight is 191 g/mol. The van der Waals surface area contributed by atoms with Crippen LogP contribution in [0.4, 0.5) is 4.39 Å². The number of fused-ring (bicyclic) bond motifs is 1. The number of aromatic nitrogens is 1. The molecule has 0 aliphatic rings. The van der Waals surface area contributed by atoms with E-state index in [1.165, 1.54) is 0 Å². The SMILES string of the molecule is Cc1ccc2c(C)c(F)cc(O)c2n1. The van der Waals surface area contributed by atoms with E-state index in [0.717, 1.165) is 11.8 Å². The molecular weight excluding hydrogens is 181 g/mol. The van der Waals surface area contributed by atoms with Gasteiger partial charge < -0.3 is 5.11 Å². The van der Waals surface area contributed by atoms with E-state index in [4.69, 9.17) is 0 Å². The number of phenols is 1. The summed E-state index contributed by atoms with van der Waals surface area (Å²) in [6, 6.07) is 4.67. The van der Waals surface area contributed by atoms with E-state index in [2.05, 4.69) is 4.98 Å². The average Bonchev–Trinajstić information content (AvgIpc) is 2.14. The van der Waals surface area contributed by atoms with Gasteiger partial charge in [-0.3, -0.25) is 0 Å². The Labute approximate surface area is 81.0 Å². The van der Waals surface area contributed by atoms with E-state index in [9.17, 15) is 9.50 Å². The minimum Gasteiger partial charge on any atom is -0.506 e. The van der Waals surface area contributed by atoms with Crippen molar-refractivity contribution in [1.29, 1.82) is 0 Å². The molecule has 1 aromatic carbocycles. The first-order valence-electron chi connectivity index (χ1n) is 4.35. The number of aryl methyl sites for hydroxylation is 2. The molecule has 0 radical (unpaired) electrons. The summed E-state index contributed by atoms with van der Waals surface area (Å²) in [5.74, 6) is -0.507. The van der Waals surface area contributed by atoms with Crippen LogP contribution in [0.3, 0.4) is 0 Å². The predicted molar refractivity (Wildman–Crippen MR) is 52.8 cm³/mol. The van der Waals surface area contributed by atoms with Crippen LogP contribution in [0.1, 0.15) is 11.3 Å². The van der Waals surface area contributed by atoms with E-state index in [1.807, 2.05) is 6.92 Å². The third-order valence-corrected chi connectivity index (χ3v) is 2.30. The Hall–Kier alpha value is -1.64. The van der Waals surface area contributed by atoms with Gasteiger partial charge >= 0.3 is 0 Å². The van der Waals surface area contributed by atoms with E-state index < -0.39 is 5.82 Å². The van der Waals surface area contributed by atoms with Gasteiger partial charge in [0.1, 0.15) is 17.1 Å². The fourth-order valence-corrected chi connectivity index (χ4v) is 1.48. The Bertz CT molecular complexity index is 508. The maximum Gasteiger partial charge on any atom is 0.144 e. The largest absolute Gasteiger partial charge is 0.506 e. The molecule has 0 fully saturated rings. The first-order valence-corrected chi connectivity index (χ1v) is 4.35. The van der Waals surface area contributed by atoms with Crippen LogP contribution < -0.4 is 0 Å². The zero-order valence-electron chi connectivity index (χ0n) is 8.00. The lowest BCUT2D eigenvalue weighted by Gasteiger charge is -2.05. The second kappa shape index (κ2) is 2.94. The van der Waals surface area contributed by atoms with Crippen LogP contribution in [0.5, 0.6) is 5.75 Å². The van der Waals surface area contributed by atoms with Crippen LogP contribution in [-0.4, -0.2) is 10.1 Å². The van der Waals surface area contributed by atoms with E-state index in [1.54, 1.807) is 19.1 Å². The first-order chi connectivity index (χ1) is 6.59. The van der Waals surface area contributed by atoms with Crippen LogP contribution in [0.25, 0.3) is 10.9 Å². The second-order valence-electron chi connectivity index (χ2n) is 3.35. The van der Waals surface area contributed by atoms with Gasteiger partial charge in [-0.25, -0.2) is 9.37 Å². The molecule has 0 aliphatic heterocycles. The van der Waals surface area contributed by atoms with Gasteiger partial charge in [0.2, 0.25) is 0 Å². The molecule has 1 heterocycles. The molecular formula is C11H10FNO. The van der Waals surface area contributed by atoms with Gasteiger partial charge in [0, 0.05) is 17.1 Å². The van der Waals surface area contributed by atoms with Gasteiger partial charge in [-0.15, -0.1) is 0 Å². The van der Waals surface area contributed by atoms with Crippen LogP contribution in [-0.2, 0) is 0 Å². The monoisotopic (exact) mass is 191 g/mol. The molecule has 0 aliphatic carbocycles. The molecule has 0 bridgehead atoms.